The summed E-state index contributed by atoms with van der Waals surface area (Å²) in [6.07, 6.45) is 0.340. The average Bonchev–Trinajstić information content (AvgIpc) is 2.67. The van der Waals surface area contributed by atoms with Gasteiger partial charge in [-0.3, -0.25) is 9.59 Å². The van der Waals surface area contributed by atoms with E-state index in [-0.39, 0.29) is 24.5 Å². The van der Waals surface area contributed by atoms with E-state index >= 15 is 0 Å². The van der Waals surface area contributed by atoms with Crippen molar-refractivity contribution < 1.29 is 19.1 Å². The zero-order chi connectivity index (χ0) is 18.5. The van der Waals surface area contributed by atoms with Crippen molar-refractivity contribution in [3.63, 3.8) is 0 Å². The molecule has 0 unspecified atom stereocenters. The minimum Gasteiger partial charge on any atom is -0.486 e. The highest BCUT2D eigenvalue weighted by Gasteiger charge is 2.17. The van der Waals surface area contributed by atoms with Gasteiger partial charge in [0.1, 0.15) is 13.2 Å². The molecule has 0 N–H and O–H groups in total. The monoisotopic (exact) mass is 417 g/mol. The van der Waals surface area contributed by atoms with Crippen LogP contribution in [0.3, 0.4) is 0 Å². The molecular formula is C20H20BrNO4. The Kier molecular flexibility index (Phi) is 5.93. The Hall–Kier alpha value is -2.34. The smallest absolute Gasteiger partial charge is 0.223 e. The number of nitrogens with zero attached hydrogens (tertiary/aromatic N) is 1. The lowest BCUT2D eigenvalue weighted by atomic mass is 10.1. The molecule has 0 aromatic heterocycles. The Bertz CT molecular complexity index is 821. The first-order valence-electron chi connectivity index (χ1n) is 8.45. The Morgan fingerprint density at radius 2 is 1.77 bits per heavy atom. The van der Waals surface area contributed by atoms with E-state index in [0.717, 1.165) is 10.0 Å². The van der Waals surface area contributed by atoms with E-state index in [4.69, 9.17) is 9.47 Å². The molecule has 0 atom stereocenters. The fourth-order valence-corrected chi connectivity index (χ4v) is 3.15. The fraction of sp³-hybridized carbons (Fsp3) is 0.300. The first-order valence-corrected chi connectivity index (χ1v) is 9.24. The number of Topliss-reactive ketones (excluding diaryl/α,β-unsaturated/α-hetero) is 1. The van der Waals surface area contributed by atoms with Gasteiger partial charge in [-0.2, -0.15) is 0 Å². The van der Waals surface area contributed by atoms with Crippen LogP contribution in [-0.2, 0) is 11.3 Å². The highest BCUT2D eigenvalue weighted by Crippen LogP contribution is 2.31. The first-order chi connectivity index (χ1) is 12.5. The van der Waals surface area contributed by atoms with Crippen molar-refractivity contribution in [2.45, 2.75) is 19.4 Å². The molecule has 2 aromatic rings. The topological polar surface area (TPSA) is 55.8 Å². The number of ether oxygens (including phenoxy) is 2. The quantitative estimate of drug-likeness (QED) is 0.669. The highest BCUT2D eigenvalue weighted by atomic mass is 79.9. The number of carbonyl (C=O) groups is 2. The largest absolute Gasteiger partial charge is 0.486 e. The van der Waals surface area contributed by atoms with Crippen LogP contribution in [0.25, 0.3) is 0 Å². The average molecular weight is 418 g/mol. The van der Waals surface area contributed by atoms with Crippen molar-refractivity contribution >= 4 is 27.6 Å². The number of halogens is 1. The van der Waals surface area contributed by atoms with Crippen molar-refractivity contribution in [2.75, 3.05) is 20.3 Å². The molecular weight excluding hydrogens is 398 g/mol. The molecule has 0 fully saturated rings. The Morgan fingerprint density at radius 1 is 1.04 bits per heavy atom. The van der Waals surface area contributed by atoms with E-state index in [9.17, 15) is 9.59 Å². The molecule has 26 heavy (non-hydrogen) atoms. The number of amides is 1. The summed E-state index contributed by atoms with van der Waals surface area (Å²) in [6.45, 7) is 1.49. The molecule has 3 rings (SSSR count). The van der Waals surface area contributed by atoms with Gasteiger partial charge in [-0.05, 0) is 29.8 Å². The molecule has 6 heteroatoms. The number of hydrogen-bond acceptors (Lipinski definition) is 4. The van der Waals surface area contributed by atoms with Crippen molar-refractivity contribution in [2.24, 2.45) is 0 Å². The zero-order valence-electron chi connectivity index (χ0n) is 14.5. The Morgan fingerprint density at radius 3 is 2.54 bits per heavy atom. The maximum absolute atomic E-state index is 12.4. The van der Waals surface area contributed by atoms with Gasteiger partial charge < -0.3 is 14.4 Å². The molecule has 1 aliphatic heterocycles. The van der Waals surface area contributed by atoms with E-state index in [1.165, 1.54) is 0 Å². The predicted molar refractivity (Wildman–Crippen MR) is 102 cm³/mol. The third-order valence-electron chi connectivity index (χ3n) is 4.22. The van der Waals surface area contributed by atoms with Gasteiger partial charge in [-0.15, -0.1) is 0 Å². The van der Waals surface area contributed by atoms with E-state index in [1.807, 2.05) is 24.3 Å². The Balaban J connectivity index is 1.55. The molecule has 0 bridgehead atoms. The predicted octanol–water partition coefficient (Wildman–Crippen LogP) is 3.84. The SMILES string of the molecule is CN(Cc1ccccc1Br)C(=O)CCC(=O)c1ccc2c(c1)OCCO2. The summed E-state index contributed by atoms with van der Waals surface area (Å²) in [5.41, 5.74) is 1.57. The summed E-state index contributed by atoms with van der Waals surface area (Å²) < 4.78 is 11.9. The van der Waals surface area contributed by atoms with Crippen LogP contribution in [0.5, 0.6) is 11.5 Å². The van der Waals surface area contributed by atoms with Gasteiger partial charge in [0.05, 0.1) is 0 Å². The number of hydrogen-bond donors (Lipinski definition) is 0. The van der Waals surface area contributed by atoms with Gasteiger partial charge in [-0.25, -0.2) is 0 Å². The molecule has 0 saturated carbocycles. The summed E-state index contributed by atoms with van der Waals surface area (Å²) in [5.74, 6) is 1.09. The summed E-state index contributed by atoms with van der Waals surface area (Å²) >= 11 is 3.48. The van der Waals surface area contributed by atoms with Gasteiger partial charge in [-0.1, -0.05) is 34.1 Å². The van der Waals surface area contributed by atoms with Crippen LogP contribution in [0.4, 0.5) is 0 Å². The van der Waals surface area contributed by atoms with Crippen molar-refractivity contribution in [3.05, 3.63) is 58.1 Å². The number of fused-ring (bicyclic) bond motifs is 1. The normalized spacial score (nSPS) is 12.5. The van der Waals surface area contributed by atoms with Gasteiger partial charge in [0.15, 0.2) is 17.3 Å². The van der Waals surface area contributed by atoms with Crippen LogP contribution in [-0.4, -0.2) is 36.9 Å². The molecule has 1 aliphatic rings. The van der Waals surface area contributed by atoms with E-state index in [2.05, 4.69) is 15.9 Å². The highest BCUT2D eigenvalue weighted by molar-refractivity contribution is 9.10. The fourth-order valence-electron chi connectivity index (χ4n) is 2.74. The molecule has 0 aliphatic carbocycles. The lowest BCUT2D eigenvalue weighted by Gasteiger charge is -2.19. The number of benzene rings is 2. The standard InChI is InChI=1S/C20H20BrNO4/c1-22(13-15-4-2-3-5-16(15)21)20(24)9-7-17(23)14-6-8-18-19(12-14)26-11-10-25-18/h2-6,8,12H,7,9-11,13H2,1H3. The summed E-state index contributed by atoms with van der Waals surface area (Å²) in [6, 6.07) is 12.9. The van der Waals surface area contributed by atoms with E-state index in [1.54, 1.807) is 30.1 Å². The molecule has 5 nitrogen and oxygen atoms in total. The number of ketones is 1. The second-order valence-corrected chi connectivity index (χ2v) is 6.98. The van der Waals surface area contributed by atoms with Crippen molar-refractivity contribution in [1.82, 2.24) is 4.90 Å². The number of carbonyl (C=O) groups excluding carboxylic acids is 2. The maximum atomic E-state index is 12.4. The van der Waals surface area contributed by atoms with Crippen LogP contribution < -0.4 is 9.47 Å². The molecule has 1 amide bonds. The van der Waals surface area contributed by atoms with E-state index in [0.29, 0.717) is 36.8 Å². The van der Waals surface area contributed by atoms with Gasteiger partial charge in [0.25, 0.3) is 0 Å². The summed E-state index contributed by atoms with van der Waals surface area (Å²) in [5, 5.41) is 0. The summed E-state index contributed by atoms with van der Waals surface area (Å²) in [7, 11) is 1.75. The molecule has 1 heterocycles. The second-order valence-electron chi connectivity index (χ2n) is 6.12. The third-order valence-corrected chi connectivity index (χ3v) is 4.99. The molecule has 2 aromatic carbocycles. The molecule has 0 saturated heterocycles. The van der Waals surface area contributed by atoms with Gasteiger partial charge >= 0.3 is 0 Å². The zero-order valence-corrected chi connectivity index (χ0v) is 16.1. The van der Waals surface area contributed by atoms with Crippen LogP contribution in [0.15, 0.2) is 46.9 Å². The van der Waals surface area contributed by atoms with Gasteiger partial charge in [0, 0.05) is 36.5 Å². The summed E-state index contributed by atoms with van der Waals surface area (Å²) in [4.78, 5) is 26.4. The number of rotatable bonds is 6. The minimum atomic E-state index is -0.0791. The van der Waals surface area contributed by atoms with E-state index < -0.39 is 0 Å². The van der Waals surface area contributed by atoms with Crippen LogP contribution >= 0.6 is 15.9 Å². The van der Waals surface area contributed by atoms with Crippen LogP contribution in [0, 0.1) is 0 Å². The van der Waals surface area contributed by atoms with Gasteiger partial charge in [0.2, 0.25) is 5.91 Å². The Labute approximate surface area is 161 Å². The second kappa shape index (κ2) is 8.36. The van der Waals surface area contributed by atoms with Crippen molar-refractivity contribution in [1.29, 1.82) is 0 Å². The lowest BCUT2D eigenvalue weighted by Crippen LogP contribution is -2.26. The molecule has 136 valence electrons. The first kappa shape index (κ1) is 18.5. The van der Waals surface area contributed by atoms with Crippen LogP contribution in [0.1, 0.15) is 28.8 Å². The maximum Gasteiger partial charge on any atom is 0.223 e. The molecule has 0 spiro atoms. The van der Waals surface area contributed by atoms with Crippen molar-refractivity contribution in [3.8, 4) is 11.5 Å². The minimum absolute atomic E-state index is 0.0633. The lowest BCUT2D eigenvalue weighted by molar-refractivity contribution is -0.130. The third kappa shape index (κ3) is 4.43. The van der Waals surface area contributed by atoms with Crippen LogP contribution in [0.2, 0.25) is 0 Å². The molecule has 0 radical (unpaired) electrons.